The number of nitrogen functional groups attached to an aromatic ring is 1. The van der Waals surface area contributed by atoms with E-state index in [1.807, 2.05) is 5.43 Å². The van der Waals surface area contributed by atoms with Gasteiger partial charge in [0.05, 0.1) is 6.61 Å². The Bertz CT molecular complexity index is 422. The second-order valence-corrected chi connectivity index (χ2v) is 2.82. The molecule has 0 aliphatic carbocycles. The molecular formula is C8H9F3N4O2. The van der Waals surface area contributed by atoms with E-state index in [9.17, 15) is 18.0 Å². The van der Waals surface area contributed by atoms with Gasteiger partial charge in [-0.15, -0.1) is 0 Å². The van der Waals surface area contributed by atoms with Gasteiger partial charge in [-0.3, -0.25) is 0 Å². The van der Waals surface area contributed by atoms with Gasteiger partial charge in [0.15, 0.2) is 5.82 Å². The molecular weight excluding hydrogens is 241 g/mol. The van der Waals surface area contributed by atoms with E-state index in [2.05, 4.69) is 14.7 Å². The average molecular weight is 250 g/mol. The number of anilines is 1. The maximum Gasteiger partial charge on any atom is 0.451 e. The van der Waals surface area contributed by atoms with Gasteiger partial charge in [-0.25, -0.2) is 20.6 Å². The Hall–Kier alpha value is -1.90. The maximum atomic E-state index is 12.3. The number of nitrogens with two attached hydrogens (primary N) is 1. The van der Waals surface area contributed by atoms with E-state index in [0.29, 0.717) is 6.20 Å². The first-order chi connectivity index (χ1) is 7.90. The molecule has 1 aromatic rings. The first kappa shape index (κ1) is 13.2. The molecule has 94 valence electrons. The highest BCUT2D eigenvalue weighted by Crippen LogP contribution is 2.27. The third-order valence-corrected chi connectivity index (χ3v) is 1.67. The molecule has 0 radical (unpaired) electrons. The van der Waals surface area contributed by atoms with Crippen molar-refractivity contribution in [2.45, 2.75) is 13.1 Å². The Balaban J connectivity index is 3.14. The Morgan fingerprint density at radius 3 is 2.71 bits per heavy atom. The monoisotopic (exact) mass is 250 g/mol. The van der Waals surface area contributed by atoms with E-state index in [1.54, 1.807) is 6.92 Å². The first-order valence-electron chi connectivity index (χ1n) is 4.48. The average Bonchev–Trinajstić information content (AvgIpc) is 2.27. The van der Waals surface area contributed by atoms with Crippen LogP contribution in [0.2, 0.25) is 0 Å². The molecule has 0 aliphatic heterocycles. The number of hydrogen-bond acceptors (Lipinski definition) is 6. The van der Waals surface area contributed by atoms with Gasteiger partial charge < -0.3 is 10.2 Å². The van der Waals surface area contributed by atoms with Gasteiger partial charge in [0.25, 0.3) is 0 Å². The molecule has 0 spiro atoms. The summed E-state index contributed by atoms with van der Waals surface area (Å²) < 4.78 is 41.4. The zero-order valence-electron chi connectivity index (χ0n) is 8.71. The summed E-state index contributed by atoms with van der Waals surface area (Å²) in [5.41, 5.74) is 1.63. The van der Waals surface area contributed by atoms with E-state index in [4.69, 9.17) is 5.84 Å². The maximum absolute atomic E-state index is 12.3. The lowest BCUT2D eigenvalue weighted by Crippen LogP contribution is -2.20. The van der Waals surface area contributed by atoms with Crippen LogP contribution in [-0.2, 0) is 10.9 Å². The van der Waals surface area contributed by atoms with Crippen LogP contribution in [0.15, 0.2) is 6.20 Å². The number of esters is 1. The van der Waals surface area contributed by atoms with Crippen molar-refractivity contribution in [3.8, 4) is 0 Å². The van der Waals surface area contributed by atoms with Gasteiger partial charge >= 0.3 is 12.1 Å². The Morgan fingerprint density at radius 2 is 2.24 bits per heavy atom. The minimum Gasteiger partial charge on any atom is -0.462 e. The van der Waals surface area contributed by atoms with Crippen LogP contribution in [0.4, 0.5) is 19.0 Å². The number of hydrogen-bond donors (Lipinski definition) is 2. The molecule has 0 unspecified atom stereocenters. The molecule has 0 saturated carbocycles. The van der Waals surface area contributed by atoms with Crippen molar-refractivity contribution in [1.29, 1.82) is 0 Å². The summed E-state index contributed by atoms with van der Waals surface area (Å²) >= 11 is 0. The summed E-state index contributed by atoms with van der Waals surface area (Å²) in [4.78, 5) is 17.4. The molecule has 1 rings (SSSR count). The Morgan fingerprint density at radius 1 is 1.59 bits per heavy atom. The highest BCUT2D eigenvalue weighted by molar-refractivity contribution is 5.94. The number of carbonyl (C=O) groups is 1. The molecule has 6 nitrogen and oxygen atoms in total. The van der Waals surface area contributed by atoms with E-state index in [1.165, 1.54) is 0 Å². The molecule has 1 aromatic heterocycles. The number of alkyl halides is 3. The fraction of sp³-hybridized carbons (Fsp3) is 0.375. The quantitative estimate of drug-likeness (QED) is 0.471. The van der Waals surface area contributed by atoms with Gasteiger partial charge in [-0.1, -0.05) is 0 Å². The largest absolute Gasteiger partial charge is 0.462 e. The molecule has 3 N–H and O–H groups in total. The van der Waals surface area contributed by atoms with Crippen LogP contribution in [0, 0.1) is 0 Å². The summed E-state index contributed by atoms with van der Waals surface area (Å²) in [6.07, 6.45) is -4.00. The molecule has 0 saturated heterocycles. The zero-order chi connectivity index (χ0) is 13.1. The van der Waals surface area contributed by atoms with Crippen molar-refractivity contribution in [3.05, 3.63) is 17.6 Å². The minimum absolute atomic E-state index is 0.0733. The number of carbonyl (C=O) groups excluding carboxylic acids is 1. The van der Waals surface area contributed by atoms with Crippen molar-refractivity contribution < 1.29 is 22.7 Å². The smallest absolute Gasteiger partial charge is 0.451 e. The first-order valence-corrected chi connectivity index (χ1v) is 4.48. The molecule has 1 heterocycles. The van der Waals surface area contributed by atoms with Crippen LogP contribution in [-0.4, -0.2) is 22.5 Å². The third kappa shape index (κ3) is 3.03. The van der Waals surface area contributed by atoms with Crippen LogP contribution in [0.5, 0.6) is 0 Å². The number of nitrogens with one attached hydrogen (secondary N) is 1. The fourth-order valence-corrected chi connectivity index (χ4v) is 0.987. The third-order valence-electron chi connectivity index (χ3n) is 1.67. The normalized spacial score (nSPS) is 11.1. The highest BCUT2D eigenvalue weighted by Gasteiger charge is 2.35. The summed E-state index contributed by atoms with van der Waals surface area (Å²) in [6.45, 7) is 1.63. The van der Waals surface area contributed by atoms with E-state index >= 15 is 0 Å². The molecule has 0 bridgehead atoms. The minimum atomic E-state index is -4.71. The lowest BCUT2D eigenvalue weighted by atomic mass is 10.3. The molecule has 0 aliphatic rings. The fourth-order valence-electron chi connectivity index (χ4n) is 0.987. The molecule has 0 fully saturated rings. The van der Waals surface area contributed by atoms with Gasteiger partial charge in [0, 0.05) is 6.20 Å². The number of hydrazine groups is 1. The van der Waals surface area contributed by atoms with E-state index in [-0.39, 0.29) is 12.2 Å². The molecule has 0 amide bonds. The summed E-state index contributed by atoms with van der Waals surface area (Å²) in [5.74, 6) is 2.30. The van der Waals surface area contributed by atoms with Gasteiger partial charge in [0.1, 0.15) is 5.56 Å². The van der Waals surface area contributed by atoms with Gasteiger partial charge in [-0.05, 0) is 6.92 Å². The highest BCUT2D eigenvalue weighted by atomic mass is 19.4. The lowest BCUT2D eigenvalue weighted by molar-refractivity contribution is -0.144. The van der Waals surface area contributed by atoms with E-state index < -0.39 is 23.8 Å². The molecule has 9 heteroatoms. The second kappa shape index (κ2) is 4.95. The molecule has 17 heavy (non-hydrogen) atoms. The number of rotatable bonds is 3. The zero-order valence-corrected chi connectivity index (χ0v) is 8.71. The number of aromatic nitrogens is 2. The van der Waals surface area contributed by atoms with Crippen LogP contribution in [0.1, 0.15) is 23.1 Å². The molecule has 0 aromatic carbocycles. The number of nitrogens with zero attached hydrogens (tertiary/aromatic N) is 2. The standard InChI is InChI=1S/C8H9F3N4O2/c1-2-17-6(16)4-3-13-7(8(9,10)11)14-5(4)15-12/h3H,2,12H2,1H3,(H,13,14,15). The van der Waals surface area contributed by atoms with Gasteiger partial charge in [-0.2, -0.15) is 13.2 Å². The van der Waals surface area contributed by atoms with Crippen molar-refractivity contribution in [3.63, 3.8) is 0 Å². The summed E-state index contributed by atoms with van der Waals surface area (Å²) in [6, 6.07) is 0. The SMILES string of the molecule is CCOC(=O)c1cnc(C(F)(F)F)nc1NN. The second-order valence-electron chi connectivity index (χ2n) is 2.82. The van der Waals surface area contributed by atoms with Gasteiger partial charge in [0.2, 0.25) is 5.82 Å². The lowest BCUT2D eigenvalue weighted by Gasteiger charge is -2.10. The summed E-state index contributed by atoms with van der Waals surface area (Å²) in [7, 11) is 0. The topological polar surface area (TPSA) is 90.1 Å². The Labute approximate surface area is 94.0 Å². The van der Waals surface area contributed by atoms with Crippen molar-refractivity contribution in [2.24, 2.45) is 5.84 Å². The predicted molar refractivity (Wildman–Crippen MR) is 50.8 cm³/mol. The predicted octanol–water partition coefficient (Wildman–Crippen LogP) is 0.958. The van der Waals surface area contributed by atoms with Crippen LogP contribution in [0.25, 0.3) is 0 Å². The van der Waals surface area contributed by atoms with Crippen LogP contribution < -0.4 is 11.3 Å². The van der Waals surface area contributed by atoms with E-state index in [0.717, 1.165) is 0 Å². The van der Waals surface area contributed by atoms with Crippen LogP contribution >= 0.6 is 0 Å². The van der Waals surface area contributed by atoms with Crippen molar-refractivity contribution >= 4 is 11.8 Å². The van der Waals surface area contributed by atoms with Crippen LogP contribution in [0.3, 0.4) is 0 Å². The summed E-state index contributed by atoms with van der Waals surface area (Å²) in [5, 5.41) is 0. The number of halogens is 3. The number of ether oxygens (including phenoxy) is 1. The van der Waals surface area contributed by atoms with Crippen molar-refractivity contribution in [1.82, 2.24) is 9.97 Å². The van der Waals surface area contributed by atoms with Crippen molar-refractivity contribution in [2.75, 3.05) is 12.0 Å². The molecule has 0 atom stereocenters. The Kier molecular flexibility index (Phi) is 3.84.